The SMILES string of the molecule is C1CNCCN1.CO[PH](=O)OC.[Na]. The van der Waals surface area contributed by atoms with Gasteiger partial charge in [-0.3, -0.25) is 4.57 Å². The summed E-state index contributed by atoms with van der Waals surface area (Å²) in [6, 6.07) is 0. The molecule has 1 aliphatic heterocycles. The Labute approximate surface area is 102 Å². The van der Waals surface area contributed by atoms with E-state index >= 15 is 0 Å². The van der Waals surface area contributed by atoms with Gasteiger partial charge in [-0.25, -0.2) is 0 Å². The molecule has 13 heavy (non-hydrogen) atoms. The molecule has 2 N–H and O–H groups in total. The summed E-state index contributed by atoms with van der Waals surface area (Å²) in [6.45, 7) is 4.56. The van der Waals surface area contributed by atoms with Crippen molar-refractivity contribution < 1.29 is 13.6 Å². The van der Waals surface area contributed by atoms with Gasteiger partial charge >= 0.3 is 8.25 Å². The zero-order chi connectivity index (χ0) is 9.23. The molecule has 1 aliphatic rings. The van der Waals surface area contributed by atoms with Crippen LogP contribution in [0.25, 0.3) is 0 Å². The molecule has 1 radical (unpaired) electrons. The molecule has 0 aromatic heterocycles. The Hall–Kier alpha value is 1.07. The van der Waals surface area contributed by atoms with E-state index in [1.165, 1.54) is 14.2 Å². The van der Waals surface area contributed by atoms with Gasteiger partial charge in [-0.05, 0) is 0 Å². The van der Waals surface area contributed by atoms with E-state index in [1.54, 1.807) is 0 Å². The van der Waals surface area contributed by atoms with Crippen LogP contribution >= 0.6 is 8.25 Å². The van der Waals surface area contributed by atoms with E-state index in [4.69, 9.17) is 0 Å². The average Bonchev–Trinajstić information content (AvgIpc) is 2.20. The fourth-order valence-corrected chi connectivity index (χ4v) is 0.854. The summed E-state index contributed by atoms with van der Waals surface area (Å²) in [6.07, 6.45) is 0. The minimum Gasteiger partial charge on any atom is -0.314 e. The van der Waals surface area contributed by atoms with Crippen molar-refractivity contribution in [1.29, 1.82) is 0 Å². The van der Waals surface area contributed by atoms with Crippen molar-refractivity contribution in [2.75, 3.05) is 40.4 Å². The number of hydrogen-bond donors (Lipinski definition) is 2. The van der Waals surface area contributed by atoms with Crippen molar-refractivity contribution >= 4 is 37.8 Å². The smallest absolute Gasteiger partial charge is 0.314 e. The summed E-state index contributed by atoms with van der Waals surface area (Å²) in [5.74, 6) is 0. The van der Waals surface area contributed by atoms with Crippen LogP contribution in [0.2, 0.25) is 0 Å². The Kier molecular flexibility index (Phi) is 16.6. The van der Waals surface area contributed by atoms with Gasteiger partial charge in [0.05, 0.1) is 0 Å². The van der Waals surface area contributed by atoms with E-state index in [1.807, 2.05) is 0 Å². The number of rotatable bonds is 2. The molecule has 1 heterocycles. The van der Waals surface area contributed by atoms with Crippen molar-refractivity contribution in [3.63, 3.8) is 0 Å². The fourth-order valence-electron chi connectivity index (χ4n) is 0.687. The first-order chi connectivity index (χ1) is 5.81. The first-order valence-corrected chi connectivity index (χ1v) is 5.07. The van der Waals surface area contributed by atoms with Crippen LogP contribution in [0.15, 0.2) is 0 Å². The van der Waals surface area contributed by atoms with E-state index in [0.717, 1.165) is 26.2 Å². The summed E-state index contributed by atoms with van der Waals surface area (Å²) in [5, 5.41) is 6.44. The molecule has 0 aliphatic carbocycles. The van der Waals surface area contributed by atoms with Crippen LogP contribution in [0, 0.1) is 0 Å². The Bertz CT molecular complexity index is 107. The first-order valence-electron chi connectivity index (χ1n) is 3.84. The van der Waals surface area contributed by atoms with Gasteiger partial charge in [-0.1, -0.05) is 0 Å². The maximum absolute atomic E-state index is 9.92. The van der Waals surface area contributed by atoms with Gasteiger partial charge in [-0.2, -0.15) is 0 Å². The van der Waals surface area contributed by atoms with Crippen LogP contribution in [0.5, 0.6) is 0 Å². The van der Waals surface area contributed by atoms with Crippen molar-refractivity contribution in [2.45, 2.75) is 0 Å². The van der Waals surface area contributed by atoms with Crippen LogP contribution in [-0.4, -0.2) is 70.0 Å². The van der Waals surface area contributed by atoms with Gasteiger partial charge in [0.25, 0.3) is 0 Å². The van der Waals surface area contributed by atoms with E-state index in [9.17, 15) is 4.57 Å². The molecule has 0 bridgehead atoms. The molecule has 0 atom stereocenters. The van der Waals surface area contributed by atoms with Crippen molar-refractivity contribution in [2.24, 2.45) is 0 Å². The van der Waals surface area contributed by atoms with Crippen molar-refractivity contribution in [1.82, 2.24) is 10.6 Å². The van der Waals surface area contributed by atoms with Gasteiger partial charge < -0.3 is 19.7 Å². The number of nitrogens with one attached hydrogen (secondary N) is 2. The maximum Gasteiger partial charge on any atom is 0.318 e. The molecule has 7 heteroatoms. The molecule has 0 amide bonds. The minimum absolute atomic E-state index is 0. The first kappa shape index (κ1) is 16.5. The number of piperazine rings is 1. The second-order valence-corrected chi connectivity index (χ2v) is 3.47. The molecule has 5 nitrogen and oxygen atoms in total. The summed E-state index contributed by atoms with van der Waals surface area (Å²) in [7, 11) is 0.558. The van der Waals surface area contributed by atoms with Crippen LogP contribution in [0.1, 0.15) is 0 Å². The van der Waals surface area contributed by atoms with Gasteiger partial charge in [0.15, 0.2) is 0 Å². The fraction of sp³-hybridized carbons (Fsp3) is 1.00. The Morgan fingerprint density at radius 2 is 1.31 bits per heavy atom. The Morgan fingerprint density at radius 1 is 1.00 bits per heavy atom. The maximum atomic E-state index is 9.92. The topological polar surface area (TPSA) is 59.6 Å². The second kappa shape index (κ2) is 13.1. The van der Waals surface area contributed by atoms with Crippen LogP contribution in [0.4, 0.5) is 0 Å². The molecule has 1 saturated heterocycles. The van der Waals surface area contributed by atoms with Crippen molar-refractivity contribution in [3.8, 4) is 0 Å². The minimum atomic E-state index is -2.12. The zero-order valence-electron chi connectivity index (χ0n) is 8.55. The summed E-state index contributed by atoms with van der Waals surface area (Å²) in [4.78, 5) is 0. The van der Waals surface area contributed by atoms with Crippen LogP contribution in [-0.2, 0) is 13.6 Å². The van der Waals surface area contributed by atoms with Crippen LogP contribution < -0.4 is 10.6 Å². The summed E-state index contributed by atoms with van der Waals surface area (Å²) < 4.78 is 18.4. The molecule has 0 aromatic carbocycles. The third-order valence-corrected chi connectivity index (χ3v) is 1.96. The Balaban J connectivity index is 0. The monoisotopic (exact) mass is 219 g/mol. The molecule has 1 fully saturated rings. The van der Waals surface area contributed by atoms with Gasteiger partial charge in [0, 0.05) is 70.0 Å². The molecule has 0 aromatic rings. The second-order valence-electron chi connectivity index (χ2n) is 2.16. The largest absolute Gasteiger partial charge is 0.318 e. The van der Waals surface area contributed by atoms with Crippen molar-refractivity contribution in [3.05, 3.63) is 0 Å². The third kappa shape index (κ3) is 13.1. The Morgan fingerprint density at radius 3 is 1.38 bits per heavy atom. The number of hydrogen-bond acceptors (Lipinski definition) is 5. The van der Waals surface area contributed by atoms with Gasteiger partial charge in [0.1, 0.15) is 0 Å². The molecular formula is C6H17N2NaO3P. The standard InChI is InChI=1S/C4H10N2.C2H7O3P.Na/c1-2-6-4-3-5-1;1-4-6(3)5-2;/h5-6H,1-4H2;6H,1-2H3;. The van der Waals surface area contributed by atoms with E-state index in [0.29, 0.717) is 0 Å². The van der Waals surface area contributed by atoms with E-state index < -0.39 is 8.25 Å². The molecule has 0 saturated carbocycles. The molecule has 0 unspecified atom stereocenters. The normalized spacial score (nSPS) is 15.6. The van der Waals surface area contributed by atoms with E-state index in [-0.39, 0.29) is 29.6 Å². The van der Waals surface area contributed by atoms with Gasteiger partial charge in [-0.15, -0.1) is 0 Å². The summed E-state index contributed by atoms with van der Waals surface area (Å²) in [5.41, 5.74) is 0. The van der Waals surface area contributed by atoms with Crippen LogP contribution in [0.3, 0.4) is 0 Å². The molecule has 0 spiro atoms. The third-order valence-electron chi connectivity index (χ3n) is 1.29. The molecular weight excluding hydrogens is 202 g/mol. The van der Waals surface area contributed by atoms with E-state index in [2.05, 4.69) is 19.7 Å². The van der Waals surface area contributed by atoms with Gasteiger partial charge in [0.2, 0.25) is 0 Å². The molecule has 1 rings (SSSR count). The predicted octanol–water partition coefficient (Wildman–Crippen LogP) is -0.533. The molecule has 75 valence electrons. The quantitative estimate of drug-likeness (QED) is 0.483. The zero-order valence-corrected chi connectivity index (χ0v) is 11.6. The summed E-state index contributed by atoms with van der Waals surface area (Å²) >= 11 is 0. The average molecular weight is 219 g/mol. The predicted molar refractivity (Wildman–Crippen MR) is 54.5 cm³/mol.